The van der Waals surface area contributed by atoms with E-state index in [9.17, 15) is 0 Å². The molecule has 0 spiro atoms. The van der Waals surface area contributed by atoms with E-state index in [1.54, 1.807) is 0 Å². The van der Waals surface area contributed by atoms with Gasteiger partial charge in [0.2, 0.25) is 0 Å². The number of pyridine rings is 1. The number of benzene rings is 1. The minimum Gasteiger partial charge on any atom is -0.290 e. The van der Waals surface area contributed by atoms with Crippen molar-refractivity contribution in [2.75, 3.05) is 6.54 Å². The molecule has 0 N–H and O–H groups in total. The number of nitrogens with zero attached hydrogens (tertiary/aromatic N) is 4. The maximum Gasteiger partial charge on any atom is 0.0581 e. The van der Waals surface area contributed by atoms with E-state index >= 15 is 0 Å². The van der Waals surface area contributed by atoms with Gasteiger partial charge in [0.05, 0.1) is 17.9 Å². The fourth-order valence-corrected chi connectivity index (χ4v) is 4.34. The molecule has 1 fully saturated rings. The van der Waals surface area contributed by atoms with E-state index in [0.717, 1.165) is 25.2 Å². The normalized spacial score (nSPS) is 17.4. The second-order valence-corrected chi connectivity index (χ2v) is 8.15. The number of aromatic nitrogens is 3. The van der Waals surface area contributed by atoms with Crippen LogP contribution in [0.5, 0.6) is 0 Å². The van der Waals surface area contributed by atoms with Crippen molar-refractivity contribution < 1.29 is 0 Å². The summed E-state index contributed by atoms with van der Waals surface area (Å²) in [6.07, 6.45) is 5.39. The molecule has 146 valence electrons. The Morgan fingerprint density at radius 2 is 1.89 bits per heavy atom. The van der Waals surface area contributed by atoms with E-state index in [1.165, 1.54) is 46.5 Å². The summed E-state index contributed by atoms with van der Waals surface area (Å²) >= 11 is 0. The molecule has 0 saturated carbocycles. The van der Waals surface area contributed by atoms with Gasteiger partial charge in [-0.2, -0.15) is 5.10 Å². The van der Waals surface area contributed by atoms with Gasteiger partial charge in [-0.05, 0) is 75.4 Å². The van der Waals surface area contributed by atoms with Gasteiger partial charge in [-0.3, -0.25) is 14.6 Å². The molecule has 0 bridgehead atoms. The number of hydrogen-bond donors (Lipinski definition) is 0. The molecule has 1 aliphatic heterocycles. The standard InChI is InChI=1S/C24H30N4/c1-17-8-5-6-9-21(17)13-20-12-18(2)26-23(14-20)24-10-7-11-28(24)16-22-15-25-27(4)19(22)3/h5-6,8-9,12,14-15,24H,7,10-11,13,16H2,1-4H3/t24-/m1/s1. The summed E-state index contributed by atoms with van der Waals surface area (Å²) in [6.45, 7) is 8.54. The van der Waals surface area contributed by atoms with Crippen molar-refractivity contribution in [3.63, 3.8) is 0 Å². The zero-order valence-corrected chi connectivity index (χ0v) is 17.4. The highest BCUT2D eigenvalue weighted by atomic mass is 15.3. The zero-order valence-electron chi connectivity index (χ0n) is 17.4. The zero-order chi connectivity index (χ0) is 19.7. The Balaban J connectivity index is 1.58. The van der Waals surface area contributed by atoms with Crippen LogP contribution in [0.2, 0.25) is 0 Å². The quantitative estimate of drug-likeness (QED) is 0.651. The summed E-state index contributed by atoms with van der Waals surface area (Å²) in [4.78, 5) is 7.51. The summed E-state index contributed by atoms with van der Waals surface area (Å²) in [7, 11) is 2.01. The molecule has 0 aliphatic carbocycles. The van der Waals surface area contributed by atoms with Crippen LogP contribution in [0.3, 0.4) is 0 Å². The first-order chi connectivity index (χ1) is 13.5. The van der Waals surface area contributed by atoms with Crippen LogP contribution < -0.4 is 0 Å². The van der Waals surface area contributed by atoms with Gasteiger partial charge in [-0.15, -0.1) is 0 Å². The van der Waals surface area contributed by atoms with Crippen LogP contribution in [-0.4, -0.2) is 26.2 Å². The Kier molecular flexibility index (Phi) is 5.31. The van der Waals surface area contributed by atoms with Crippen molar-refractivity contribution in [2.45, 2.75) is 52.6 Å². The number of hydrogen-bond acceptors (Lipinski definition) is 3. The molecule has 4 nitrogen and oxygen atoms in total. The molecule has 2 aromatic heterocycles. The first kappa shape index (κ1) is 18.9. The monoisotopic (exact) mass is 374 g/mol. The van der Waals surface area contributed by atoms with Crippen molar-refractivity contribution in [1.82, 2.24) is 19.7 Å². The third-order valence-electron chi connectivity index (χ3n) is 6.10. The molecule has 0 amide bonds. The Morgan fingerprint density at radius 1 is 1.07 bits per heavy atom. The lowest BCUT2D eigenvalue weighted by Crippen LogP contribution is -2.24. The Labute approximate surface area is 168 Å². The van der Waals surface area contributed by atoms with Crippen LogP contribution in [0.4, 0.5) is 0 Å². The maximum atomic E-state index is 4.94. The summed E-state index contributed by atoms with van der Waals surface area (Å²) in [5.41, 5.74) is 9.03. The van der Waals surface area contributed by atoms with Crippen molar-refractivity contribution in [1.29, 1.82) is 0 Å². The van der Waals surface area contributed by atoms with Crippen molar-refractivity contribution in [2.24, 2.45) is 7.05 Å². The molecule has 4 rings (SSSR count). The minimum absolute atomic E-state index is 0.398. The van der Waals surface area contributed by atoms with E-state index in [4.69, 9.17) is 4.98 Å². The molecule has 1 atom stereocenters. The predicted molar refractivity (Wildman–Crippen MR) is 113 cm³/mol. The van der Waals surface area contributed by atoms with Gasteiger partial charge in [0.1, 0.15) is 0 Å². The highest BCUT2D eigenvalue weighted by Gasteiger charge is 2.28. The SMILES string of the molecule is Cc1cc(Cc2ccccc2C)cc([C@H]2CCCN2Cc2cnn(C)c2C)n1. The van der Waals surface area contributed by atoms with Crippen LogP contribution in [-0.2, 0) is 20.0 Å². The smallest absolute Gasteiger partial charge is 0.0581 e. The molecule has 0 unspecified atom stereocenters. The first-order valence-corrected chi connectivity index (χ1v) is 10.2. The minimum atomic E-state index is 0.398. The second kappa shape index (κ2) is 7.88. The van der Waals surface area contributed by atoms with E-state index in [1.807, 2.05) is 17.9 Å². The third-order valence-corrected chi connectivity index (χ3v) is 6.10. The molecular formula is C24H30N4. The predicted octanol–water partition coefficient (Wildman–Crippen LogP) is 4.67. The Morgan fingerprint density at radius 3 is 2.64 bits per heavy atom. The van der Waals surface area contributed by atoms with Gasteiger partial charge < -0.3 is 0 Å². The van der Waals surface area contributed by atoms with E-state index in [0.29, 0.717) is 6.04 Å². The largest absolute Gasteiger partial charge is 0.290 e. The summed E-state index contributed by atoms with van der Waals surface area (Å²) in [6, 6.07) is 13.6. The fourth-order valence-electron chi connectivity index (χ4n) is 4.34. The third kappa shape index (κ3) is 3.88. The summed E-state index contributed by atoms with van der Waals surface area (Å²) < 4.78 is 1.96. The van der Waals surface area contributed by atoms with E-state index in [2.05, 4.69) is 67.2 Å². The van der Waals surface area contributed by atoms with Crippen molar-refractivity contribution in [3.8, 4) is 0 Å². The van der Waals surface area contributed by atoms with Gasteiger partial charge in [-0.25, -0.2) is 0 Å². The summed E-state index contributed by atoms with van der Waals surface area (Å²) in [5, 5.41) is 4.41. The highest BCUT2D eigenvalue weighted by Crippen LogP contribution is 2.33. The van der Waals surface area contributed by atoms with E-state index in [-0.39, 0.29) is 0 Å². The lowest BCUT2D eigenvalue weighted by atomic mass is 9.98. The Bertz CT molecular complexity index is 972. The van der Waals surface area contributed by atoms with Gasteiger partial charge >= 0.3 is 0 Å². The maximum absolute atomic E-state index is 4.94. The van der Waals surface area contributed by atoms with Crippen LogP contribution in [0.15, 0.2) is 42.6 Å². The van der Waals surface area contributed by atoms with Crippen LogP contribution in [0.25, 0.3) is 0 Å². The van der Waals surface area contributed by atoms with Crippen LogP contribution >= 0.6 is 0 Å². The molecule has 0 radical (unpaired) electrons. The number of rotatable bonds is 5. The molecule has 1 aromatic carbocycles. The van der Waals surface area contributed by atoms with Crippen molar-refractivity contribution >= 4 is 0 Å². The molecule has 1 aliphatic rings. The molecule has 3 aromatic rings. The average molecular weight is 375 g/mol. The number of likely N-dealkylation sites (tertiary alicyclic amines) is 1. The van der Waals surface area contributed by atoms with Crippen LogP contribution in [0.1, 0.15) is 58.2 Å². The van der Waals surface area contributed by atoms with Gasteiger partial charge in [-0.1, -0.05) is 24.3 Å². The van der Waals surface area contributed by atoms with Gasteiger partial charge in [0, 0.05) is 30.5 Å². The summed E-state index contributed by atoms with van der Waals surface area (Å²) in [5.74, 6) is 0. The molecular weight excluding hydrogens is 344 g/mol. The van der Waals surface area contributed by atoms with Crippen LogP contribution in [0, 0.1) is 20.8 Å². The van der Waals surface area contributed by atoms with E-state index < -0.39 is 0 Å². The highest BCUT2D eigenvalue weighted by molar-refractivity contribution is 5.34. The Hall–Kier alpha value is -2.46. The molecule has 28 heavy (non-hydrogen) atoms. The number of aryl methyl sites for hydroxylation is 3. The molecule has 1 saturated heterocycles. The topological polar surface area (TPSA) is 34.0 Å². The first-order valence-electron chi connectivity index (χ1n) is 10.2. The lowest BCUT2D eigenvalue weighted by Gasteiger charge is -2.24. The van der Waals surface area contributed by atoms with Crippen molar-refractivity contribution in [3.05, 3.63) is 81.9 Å². The second-order valence-electron chi connectivity index (χ2n) is 8.15. The molecule has 3 heterocycles. The average Bonchev–Trinajstić information content (AvgIpc) is 3.25. The molecule has 4 heteroatoms. The lowest BCUT2D eigenvalue weighted by molar-refractivity contribution is 0.243. The van der Waals surface area contributed by atoms with Gasteiger partial charge in [0.25, 0.3) is 0 Å². The fraction of sp³-hybridized carbons (Fsp3) is 0.417. The van der Waals surface area contributed by atoms with Gasteiger partial charge in [0.15, 0.2) is 0 Å².